The van der Waals surface area contributed by atoms with Gasteiger partial charge in [0.2, 0.25) is 0 Å². The second kappa shape index (κ2) is 7.44. The van der Waals surface area contributed by atoms with Crippen LogP contribution in [0.25, 0.3) is 0 Å². The summed E-state index contributed by atoms with van der Waals surface area (Å²) in [6.07, 6.45) is -4.17. The molecular formula is C13H11F3N2O6. The molecule has 0 aliphatic carbocycles. The van der Waals surface area contributed by atoms with E-state index >= 15 is 0 Å². The molecule has 0 unspecified atom stereocenters. The van der Waals surface area contributed by atoms with Crippen molar-refractivity contribution in [1.82, 2.24) is 0 Å². The van der Waals surface area contributed by atoms with E-state index in [-0.39, 0.29) is 0 Å². The van der Waals surface area contributed by atoms with Gasteiger partial charge in [0.15, 0.2) is 0 Å². The quantitative estimate of drug-likeness (QED) is 0.376. The lowest BCUT2D eigenvalue weighted by molar-refractivity contribution is -0.384. The van der Waals surface area contributed by atoms with E-state index in [4.69, 9.17) is 0 Å². The van der Waals surface area contributed by atoms with Crippen molar-refractivity contribution in [2.75, 3.05) is 19.5 Å². The second-order valence-electron chi connectivity index (χ2n) is 4.18. The Morgan fingerprint density at radius 3 is 2.33 bits per heavy atom. The van der Waals surface area contributed by atoms with E-state index < -0.39 is 45.7 Å². The van der Waals surface area contributed by atoms with Crippen LogP contribution in [0.5, 0.6) is 0 Å². The molecule has 0 fully saturated rings. The van der Waals surface area contributed by atoms with E-state index in [1.807, 2.05) is 0 Å². The van der Waals surface area contributed by atoms with Crippen LogP contribution in [0.15, 0.2) is 30.0 Å². The fraction of sp³-hybridized carbons (Fsp3) is 0.231. The van der Waals surface area contributed by atoms with Crippen molar-refractivity contribution < 1.29 is 37.2 Å². The SMILES string of the molecule is COC(=O)/C=C(/Nc1cc(C(F)(F)F)ccc1[N+](=O)[O-])C(=O)OC. The van der Waals surface area contributed by atoms with Crippen molar-refractivity contribution in [3.8, 4) is 0 Å². The number of nitro groups is 1. The number of rotatable bonds is 5. The summed E-state index contributed by atoms with van der Waals surface area (Å²) in [5.74, 6) is -2.15. The molecule has 0 heterocycles. The number of hydrogen-bond acceptors (Lipinski definition) is 7. The van der Waals surface area contributed by atoms with Crippen LogP contribution in [-0.4, -0.2) is 31.1 Å². The summed E-state index contributed by atoms with van der Waals surface area (Å²) in [6.45, 7) is 0. The fourth-order valence-corrected chi connectivity index (χ4v) is 1.55. The average Bonchev–Trinajstić information content (AvgIpc) is 2.52. The van der Waals surface area contributed by atoms with Gasteiger partial charge in [0, 0.05) is 6.07 Å². The zero-order valence-electron chi connectivity index (χ0n) is 12.3. The standard InChI is InChI=1S/C13H11F3N2O6/c1-23-11(19)6-9(12(20)24-2)17-8-5-7(13(14,15)16)3-4-10(8)18(21)22/h3-6,17H,1-2H3/b9-6+. The number of alkyl halides is 3. The number of hydrogen-bond donors (Lipinski definition) is 1. The summed E-state index contributed by atoms with van der Waals surface area (Å²) in [4.78, 5) is 32.8. The number of nitro benzene ring substituents is 1. The predicted molar refractivity (Wildman–Crippen MR) is 73.8 cm³/mol. The molecule has 0 bridgehead atoms. The normalized spacial score (nSPS) is 11.6. The van der Waals surface area contributed by atoms with E-state index in [1.54, 1.807) is 0 Å². The van der Waals surface area contributed by atoms with Crippen LogP contribution < -0.4 is 5.32 Å². The highest BCUT2D eigenvalue weighted by atomic mass is 19.4. The van der Waals surface area contributed by atoms with Gasteiger partial charge in [-0.25, -0.2) is 9.59 Å². The van der Waals surface area contributed by atoms with Gasteiger partial charge >= 0.3 is 18.1 Å². The topological polar surface area (TPSA) is 108 Å². The third-order valence-corrected chi connectivity index (χ3v) is 2.66. The molecule has 0 aliphatic rings. The Kier molecular flexibility index (Phi) is 5.87. The van der Waals surface area contributed by atoms with Crippen LogP contribution >= 0.6 is 0 Å². The molecule has 0 amide bonds. The molecule has 1 N–H and O–H groups in total. The van der Waals surface area contributed by atoms with Gasteiger partial charge in [0.05, 0.1) is 30.8 Å². The highest BCUT2D eigenvalue weighted by Crippen LogP contribution is 2.35. The third-order valence-electron chi connectivity index (χ3n) is 2.66. The summed E-state index contributed by atoms with van der Waals surface area (Å²) >= 11 is 0. The average molecular weight is 348 g/mol. The lowest BCUT2D eigenvalue weighted by Gasteiger charge is -2.12. The summed E-state index contributed by atoms with van der Waals surface area (Å²) in [5.41, 5.74) is -3.19. The molecule has 1 aromatic rings. The molecule has 1 rings (SSSR count). The molecule has 0 radical (unpaired) electrons. The van der Waals surface area contributed by atoms with Gasteiger partial charge in [-0.3, -0.25) is 10.1 Å². The Labute approximate surface area is 133 Å². The molecule has 0 saturated carbocycles. The lowest BCUT2D eigenvalue weighted by Crippen LogP contribution is -2.17. The predicted octanol–water partition coefficient (Wildman–Crippen LogP) is 2.26. The molecule has 1 aromatic carbocycles. The van der Waals surface area contributed by atoms with Gasteiger partial charge in [0.25, 0.3) is 5.69 Å². The Bertz CT molecular complexity index is 699. The van der Waals surface area contributed by atoms with E-state index in [0.717, 1.165) is 14.2 Å². The molecule has 11 heteroatoms. The largest absolute Gasteiger partial charge is 0.466 e. The molecule has 0 aliphatic heterocycles. The number of anilines is 1. The number of halogens is 3. The first kappa shape index (κ1) is 18.9. The number of nitrogens with one attached hydrogen (secondary N) is 1. The smallest absolute Gasteiger partial charge is 0.416 e. The van der Waals surface area contributed by atoms with Crippen LogP contribution in [0.1, 0.15) is 5.56 Å². The zero-order valence-corrected chi connectivity index (χ0v) is 12.3. The van der Waals surface area contributed by atoms with E-state index in [2.05, 4.69) is 14.8 Å². The molecule has 0 aromatic heterocycles. The molecule has 0 saturated heterocycles. The molecule has 0 spiro atoms. The number of benzene rings is 1. The summed E-state index contributed by atoms with van der Waals surface area (Å²) < 4.78 is 46.9. The van der Waals surface area contributed by atoms with Crippen molar-refractivity contribution in [1.29, 1.82) is 0 Å². The number of esters is 2. The van der Waals surface area contributed by atoms with Crippen molar-refractivity contribution in [3.05, 3.63) is 45.6 Å². The minimum absolute atomic E-state index is 0.437. The first-order chi connectivity index (χ1) is 11.1. The molecule has 130 valence electrons. The maximum atomic E-state index is 12.7. The number of carbonyl (C=O) groups is 2. The summed E-state index contributed by atoms with van der Waals surface area (Å²) in [7, 11) is 1.95. The lowest BCUT2D eigenvalue weighted by atomic mass is 10.1. The minimum atomic E-state index is -4.76. The van der Waals surface area contributed by atoms with E-state index in [0.29, 0.717) is 24.3 Å². The first-order valence-corrected chi connectivity index (χ1v) is 6.10. The van der Waals surface area contributed by atoms with Gasteiger partial charge in [-0.2, -0.15) is 13.2 Å². The zero-order chi connectivity index (χ0) is 18.5. The highest BCUT2D eigenvalue weighted by molar-refractivity contribution is 5.99. The van der Waals surface area contributed by atoms with Gasteiger partial charge in [-0.1, -0.05) is 0 Å². The second-order valence-corrected chi connectivity index (χ2v) is 4.18. The van der Waals surface area contributed by atoms with Crippen LogP contribution in [0.4, 0.5) is 24.5 Å². The Balaban J connectivity index is 3.40. The van der Waals surface area contributed by atoms with E-state index in [9.17, 15) is 32.9 Å². The Hall–Kier alpha value is -3.11. The number of methoxy groups -OCH3 is 2. The van der Waals surface area contributed by atoms with E-state index in [1.165, 1.54) is 0 Å². The third kappa shape index (κ3) is 4.69. The van der Waals surface area contributed by atoms with Gasteiger partial charge in [0.1, 0.15) is 11.4 Å². The van der Waals surface area contributed by atoms with Crippen LogP contribution in [0.2, 0.25) is 0 Å². The van der Waals surface area contributed by atoms with Crippen molar-refractivity contribution in [3.63, 3.8) is 0 Å². The van der Waals surface area contributed by atoms with Crippen molar-refractivity contribution in [2.45, 2.75) is 6.18 Å². The molecule has 0 atom stereocenters. The maximum Gasteiger partial charge on any atom is 0.416 e. The number of ether oxygens (including phenoxy) is 2. The van der Waals surface area contributed by atoms with Gasteiger partial charge in [-0.15, -0.1) is 0 Å². The van der Waals surface area contributed by atoms with Crippen LogP contribution in [0, 0.1) is 10.1 Å². The Morgan fingerprint density at radius 1 is 1.25 bits per heavy atom. The number of carbonyl (C=O) groups excluding carboxylic acids is 2. The molecular weight excluding hydrogens is 337 g/mol. The highest BCUT2D eigenvalue weighted by Gasteiger charge is 2.32. The summed E-state index contributed by atoms with van der Waals surface area (Å²) in [6, 6.07) is 1.58. The van der Waals surface area contributed by atoms with Gasteiger partial charge < -0.3 is 14.8 Å². The Morgan fingerprint density at radius 2 is 1.88 bits per heavy atom. The molecule has 8 nitrogen and oxygen atoms in total. The van der Waals surface area contributed by atoms with Gasteiger partial charge in [-0.05, 0) is 12.1 Å². The van der Waals surface area contributed by atoms with Crippen LogP contribution in [-0.2, 0) is 25.2 Å². The van der Waals surface area contributed by atoms with Crippen molar-refractivity contribution >= 4 is 23.3 Å². The first-order valence-electron chi connectivity index (χ1n) is 6.10. The number of nitrogens with zero attached hydrogens (tertiary/aromatic N) is 1. The monoisotopic (exact) mass is 348 g/mol. The minimum Gasteiger partial charge on any atom is -0.466 e. The molecule has 24 heavy (non-hydrogen) atoms. The van der Waals surface area contributed by atoms with Crippen LogP contribution in [0.3, 0.4) is 0 Å². The fourth-order valence-electron chi connectivity index (χ4n) is 1.55. The van der Waals surface area contributed by atoms with Crippen molar-refractivity contribution in [2.24, 2.45) is 0 Å². The maximum absolute atomic E-state index is 12.7. The summed E-state index contributed by atoms with van der Waals surface area (Å²) in [5, 5.41) is 13.0.